The normalized spacial score (nSPS) is 11.1. The minimum atomic E-state index is 0.535. The van der Waals surface area contributed by atoms with Crippen molar-refractivity contribution in [3.8, 4) is 51.8 Å². The largest absolute Gasteiger partial charge is 0.309 e. The number of para-hydroxylation sites is 3. The van der Waals surface area contributed by atoms with Gasteiger partial charge in [0.1, 0.15) is 0 Å². The molecule has 0 radical (unpaired) electrons. The molecule has 0 unspecified atom stereocenters. The van der Waals surface area contributed by atoms with Crippen LogP contribution in [0.3, 0.4) is 0 Å². The summed E-state index contributed by atoms with van der Waals surface area (Å²) in [6.07, 6.45) is 0. The van der Waals surface area contributed by atoms with Crippen LogP contribution in [0, 0.1) is 34.0 Å². The van der Waals surface area contributed by atoms with E-state index in [1.165, 1.54) is 0 Å². The Morgan fingerprint density at radius 3 is 1.52 bits per heavy atom. The van der Waals surface area contributed by atoms with Crippen LogP contribution in [0.4, 0.5) is 0 Å². The van der Waals surface area contributed by atoms with Crippen molar-refractivity contribution in [3.05, 3.63) is 168 Å². The highest BCUT2D eigenvalue weighted by molar-refractivity contribution is 6.10. The van der Waals surface area contributed by atoms with Crippen LogP contribution in [-0.2, 0) is 0 Å². The monoisotopic (exact) mass is 635 g/mol. The van der Waals surface area contributed by atoms with Gasteiger partial charge in [-0.15, -0.1) is 0 Å². The fraction of sp³-hybridized carbons (Fsp3) is 0. The van der Waals surface area contributed by atoms with E-state index in [-0.39, 0.29) is 0 Å². The summed E-state index contributed by atoms with van der Waals surface area (Å²) in [4.78, 5) is 0. The number of aromatic nitrogens is 2. The fourth-order valence-electron chi connectivity index (χ4n) is 7.35. The molecular formula is C45H25N5. The van der Waals surface area contributed by atoms with E-state index in [1.54, 1.807) is 0 Å². The van der Waals surface area contributed by atoms with E-state index in [0.29, 0.717) is 16.7 Å². The molecule has 0 atom stereocenters. The summed E-state index contributed by atoms with van der Waals surface area (Å²) in [5.41, 5.74) is 11.5. The summed E-state index contributed by atoms with van der Waals surface area (Å²) in [7, 11) is 0. The van der Waals surface area contributed by atoms with Crippen LogP contribution in [0.15, 0.2) is 152 Å². The molecule has 0 fully saturated rings. The van der Waals surface area contributed by atoms with Crippen molar-refractivity contribution in [2.75, 3.05) is 0 Å². The Hall–Kier alpha value is -7.39. The maximum atomic E-state index is 10.2. The molecule has 0 aliphatic rings. The van der Waals surface area contributed by atoms with Gasteiger partial charge in [0.15, 0.2) is 0 Å². The van der Waals surface area contributed by atoms with Gasteiger partial charge in [-0.3, -0.25) is 0 Å². The molecule has 5 nitrogen and oxygen atoms in total. The maximum Gasteiger partial charge on any atom is 0.0992 e. The summed E-state index contributed by atoms with van der Waals surface area (Å²) in [5, 5.41) is 34.1. The van der Waals surface area contributed by atoms with Crippen LogP contribution in [0.2, 0.25) is 0 Å². The van der Waals surface area contributed by atoms with Crippen LogP contribution >= 0.6 is 0 Å². The first-order valence-corrected chi connectivity index (χ1v) is 16.3. The van der Waals surface area contributed by atoms with Crippen LogP contribution in [0.1, 0.15) is 16.7 Å². The lowest BCUT2D eigenvalue weighted by molar-refractivity contribution is 1.18. The lowest BCUT2D eigenvalue weighted by Gasteiger charge is -2.16. The maximum absolute atomic E-state index is 10.2. The minimum Gasteiger partial charge on any atom is -0.309 e. The second kappa shape index (κ2) is 11.4. The molecule has 0 bridgehead atoms. The number of hydrogen-bond acceptors (Lipinski definition) is 3. The molecule has 5 heteroatoms. The molecule has 50 heavy (non-hydrogen) atoms. The quantitative estimate of drug-likeness (QED) is 0.193. The Morgan fingerprint density at radius 1 is 0.360 bits per heavy atom. The van der Waals surface area contributed by atoms with E-state index < -0.39 is 0 Å². The third kappa shape index (κ3) is 4.45. The molecule has 2 heterocycles. The number of hydrogen-bond donors (Lipinski definition) is 0. The van der Waals surface area contributed by atoms with E-state index in [1.807, 2.05) is 72.8 Å². The van der Waals surface area contributed by atoms with Crippen LogP contribution in [0.25, 0.3) is 77.2 Å². The number of nitrogens with zero attached hydrogens (tertiary/aromatic N) is 5. The highest BCUT2D eigenvalue weighted by Gasteiger charge is 2.18. The first-order chi connectivity index (χ1) is 24.6. The highest BCUT2D eigenvalue weighted by atomic mass is 15.0. The van der Waals surface area contributed by atoms with E-state index in [9.17, 15) is 15.8 Å². The van der Waals surface area contributed by atoms with Crippen molar-refractivity contribution in [2.45, 2.75) is 0 Å². The molecular weight excluding hydrogens is 611 g/mol. The van der Waals surface area contributed by atoms with E-state index in [4.69, 9.17) is 0 Å². The average Bonchev–Trinajstić information content (AvgIpc) is 3.70. The Balaban J connectivity index is 1.20. The van der Waals surface area contributed by atoms with Gasteiger partial charge in [-0.2, -0.15) is 15.8 Å². The summed E-state index contributed by atoms with van der Waals surface area (Å²) in [6.45, 7) is 0. The average molecular weight is 636 g/mol. The zero-order valence-corrected chi connectivity index (χ0v) is 26.7. The first-order valence-electron chi connectivity index (χ1n) is 16.3. The predicted octanol–water partition coefficient (Wildman–Crippen LogP) is 10.8. The first kappa shape index (κ1) is 28.8. The topological polar surface area (TPSA) is 81.2 Å². The third-order valence-electron chi connectivity index (χ3n) is 9.58. The lowest BCUT2D eigenvalue weighted by Crippen LogP contribution is -1.98. The summed E-state index contributed by atoms with van der Waals surface area (Å²) in [6, 6.07) is 57.8. The number of benzene rings is 7. The van der Waals surface area contributed by atoms with Crippen molar-refractivity contribution in [1.29, 1.82) is 15.8 Å². The van der Waals surface area contributed by atoms with E-state index >= 15 is 0 Å². The molecule has 0 aliphatic heterocycles. The van der Waals surface area contributed by atoms with Gasteiger partial charge >= 0.3 is 0 Å². The molecule has 0 saturated heterocycles. The van der Waals surface area contributed by atoms with E-state index in [2.05, 4.69) is 106 Å². The summed E-state index contributed by atoms with van der Waals surface area (Å²) < 4.78 is 4.47. The molecule has 2 aromatic heterocycles. The van der Waals surface area contributed by atoms with Gasteiger partial charge in [-0.05, 0) is 102 Å². The summed E-state index contributed by atoms with van der Waals surface area (Å²) in [5.74, 6) is 0. The van der Waals surface area contributed by atoms with Crippen LogP contribution in [-0.4, -0.2) is 9.13 Å². The molecule has 0 spiro atoms. The van der Waals surface area contributed by atoms with Crippen molar-refractivity contribution >= 4 is 43.6 Å². The second-order valence-electron chi connectivity index (χ2n) is 12.4. The van der Waals surface area contributed by atoms with E-state index in [0.717, 1.165) is 77.2 Å². The third-order valence-corrected chi connectivity index (χ3v) is 9.58. The Kier molecular flexibility index (Phi) is 6.56. The van der Waals surface area contributed by atoms with Crippen molar-refractivity contribution in [2.24, 2.45) is 0 Å². The zero-order valence-electron chi connectivity index (χ0n) is 26.7. The van der Waals surface area contributed by atoms with Crippen molar-refractivity contribution in [3.63, 3.8) is 0 Å². The molecule has 230 valence electrons. The van der Waals surface area contributed by atoms with Gasteiger partial charge < -0.3 is 9.13 Å². The fourth-order valence-corrected chi connectivity index (χ4v) is 7.35. The molecule has 0 N–H and O–H groups in total. The Labute approximate surface area is 287 Å². The van der Waals surface area contributed by atoms with Crippen molar-refractivity contribution in [1.82, 2.24) is 9.13 Å². The van der Waals surface area contributed by atoms with Crippen LogP contribution in [0.5, 0.6) is 0 Å². The Bertz CT molecular complexity index is 2900. The van der Waals surface area contributed by atoms with Gasteiger partial charge in [0, 0.05) is 32.8 Å². The standard InChI is InChI=1S/C45H25N5/c46-26-29-13-19-44(50-42-11-5-1-7-36(42)37-8-2-6-12-43(37)50)39(23-29)34-22-31(28-48)21-33(25-34)32-15-17-35(18-16-32)49-41-10-4-3-9-38(41)40-24-30(27-47)14-20-45(40)49/h1-25H. The van der Waals surface area contributed by atoms with Gasteiger partial charge in [0.05, 0.1) is 62.7 Å². The molecule has 7 aromatic carbocycles. The SMILES string of the molecule is N#Cc1cc(-c2ccc(-n3c4ccccc4c4cc(C#N)ccc43)cc2)cc(-c2cc(C#N)ccc2-n2c3ccccc3c3ccccc32)c1. The summed E-state index contributed by atoms with van der Waals surface area (Å²) >= 11 is 0. The number of nitriles is 3. The molecule has 0 amide bonds. The second-order valence-corrected chi connectivity index (χ2v) is 12.4. The molecule has 9 rings (SSSR count). The zero-order chi connectivity index (χ0) is 33.8. The highest BCUT2D eigenvalue weighted by Crippen LogP contribution is 2.39. The molecule has 9 aromatic rings. The molecule has 0 saturated carbocycles. The Morgan fingerprint density at radius 2 is 0.880 bits per heavy atom. The van der Waals surface area contributed by atoms with Crippen LogP contribution < -0.4 is 0 Å². The predicted molar refractivity (Wildman–Crippen MR) is 200 cm³/mol. The smallest absolute Gasteiger partial charge is 0.0992 e. The lowest BCUT2D eigenvalue weighted by atomic mass is 9.94. The minimum absolute atomic E-state index is 0.535. The van der Waals surface area contributed by atoms with Gasteiger partial charge in [0.25, 0.3) is 0 Å². The van der Waals surface area contributed by atoms with Gasteiger partial charge in [0.2, 0.25) is 0 Å². The number of fused-ring (bicyclic) bond motifs is 6. The molecule has 0 aliphatic carbocycles. The van der Waals surface area contributed by atoms with Gasteiger partial charge in [-0.25, -0.2) is 0 Å². The van der Waals surface area contributed by atoms with Crippen molar-refractivity contribution < 1.29 is 0 Å². The van der Waals surface area contributed by atoms with Gasteiger partial charge in [-0.1, -0.05) is 66.7 Å². The number of rotatable bonds is 4.